The van der Waals surface area contributed by atoms with E-state index in [1.165, 1.54) is 0 Å². The Morgan fingerprint density at radius 3 is 2.23 bits per heavy atom. The van der Waals surface area contributed by atoms with Crippen molar-refractivity contribution in [3.8, 4) is 0 Å². The van der Waals surface area contributed by atoms with Crippen LogP contribution < -0.4 is 5.56 Å². The van der Waals surface area contributed by atoms with Crippen molar-refractivity contribution in [1.29, 1.82) is 0 Å². The summed E-state index contributed by atoms with van der Waals surface area (Å²) in [6.07, 6.45) is 0.832. The Bertz CT molecular complexity index is 357. The van der Waals surface area contributed by atoms with Crippen LogP contribution in [-0.2, 0) is 12.0 Å². The zero-order chi connectivity index (χ0) is 10.2. The SMILES string of the molecule is CCc1[nH]n(C(C)(C)C)c(=O)c1Br. The van der Waals surface area contributed by atoms with Crippen molar-refractivity contribution in [3.63, 3.8) is 0 Å². The predicted molar refractivity (Wildman–Crippen MR) is 57.1 cm³/mol. The van der Waals surface area contributed by atoms with Crippen LogP contribution in [0, 0.1) is 0 Å². The van der Waals surface area contributed by atoms with E-state index in [1.807, 2.05) is 27.7 Å². The summed E-state index contributed by atoms with van der Waals surface area (Å²) in [7, 11) is 0. The van der Waals surface area contributed by atoms with Crippen molar-refractivity contribution in [1.82, 2.24) is 9.78 Å². The fourth-order valence-corrected chi connectivity index (χ4v) is 1.71. The Labute approximate surface area is 86.3 Å². The summed E-state index contributed by atoms with van der Waals surface area (Å²) in [6, 6.07) is 0. The third-order valence-corrected chi connectivity index (χ3v) is 2.74. The van der Waals surface area contributed by atoms with Crippen molar-refractivity contribution < 1.29 is 0 Å². The molecule has 13 heavy (non-hydrogen) atoms. The van der Waals surface area contributed by atoms with Crippen LogP contribution in [0.2, 0.25) is 0 Å². The van der Waals surface area contributed by atoms with E-state index in [2.05, 4.69) is 21.0 Å². The van der Waals surface area contributed by atoms with Gasteiger partial charge in [-0.15, -0.1) is 0 Å². The van der Waals surface area contributed by atoms with Gasteiger partial charge in [-0.05, 0) is 43.1 Å². The number of H-pyrrole nitrogens is 1. The molecule has 1 heterocycles. The number of aromatic amines is 1. The zero-order valence-corrected chi connectivity index (χ0v) is 10.0. The molecule has 1 N–H and O–H groups in total. The van der Waals surface area contributed by atoms with Crippen molar-refractivity contribution in [2.75, 3.05) is 0 Å². The third-order valence-electron chi connectivity index (χ3n) is 1.93. The number of nitrogens with one attached hydrogen (secondary N) is 1. The monoisotopic (exact) mass is 246 g/mol. The van der Waals surface area contributed by atoms with Gasteiger partial charge in [-0.25, -0.2) is 4.68 Å². The van der Waals surface area contributed by atoms with Crippen LogP contribution in [0.3, 0.4) is 0 Å². The average Bonchev–Trinajstić information content (AvgIpc) is 2.28. The highest BCUT2D eigenvalue weighted by Gasteiger charge is 2.19. The summed E-state index contributed by atoms with van der Waals surface area (Å²) in [4.78, 5) is 11.7. The minimum Gasteiger partial charge on any atom is -0.298 e. The maximum absolute atomic E-state index is 11.7. The van der Waals surface area contributed by atoms with E-state index in [0.717, 1.165) is 12.1 Å². The van der Waals surface area contributed by atoms with Gasteiger partial charge in [0.1, 0.15) is 4.47 Å². The number of rotatable bonds is 1. The molecule has 0 spiro atoms. The lowest BCUT2D eigenvalue weighted by molar-refractivity contribution is 0.343. The molecule has 0 aliphatic heterocycles. The molecule has 3 nitrogen and oxygen atoms in total. The highest BCUT2D eigenvalue weighted by Crippen LogP contribution is 2.15. The number of halogens is 1. The van der Waals surface area contributed by atoms with Crippen molar-refractivity contribution >= 4 is 15.9 Å². The molecule has 0 amide bonds. The summed E-state index contributed by atoms with van der Waals surface area (Å²) in [5, 5.41) is 3.10. The van der Waals surface area contributed by atoms with E-state index in [4.69, 9.17) is 0 Å². The van der Waals surface area contributed by atoms with E-state index in [1.54, 1.807) is 4.68 Å². The van der Waals surface area contributed by atoms with Gasteiger partial charge in [0.15, 0.2) is 0 Å². The summed E-state index contributed by atoms with van der Waals surface area (Å²) >= 11 is 3.29. The largest absolute Gasteiger partial charge is 0.298 e. The number of hydrogen-bond acceptors (Lipinski definition) is 1. The molecule has 1 aromatic rings. The maximum atomic E-state index is 11.7. The highest BCUT2D eigenvalue weighted by atomic mass is 79.9. The van der Waals surface area contributed by atoms with E-state index >= 15 is 0 Å². The molecule has 74 valence electrons. The summed E-state index contributed by atoms with van der Waals surface area (Å²) < 4.78 is 2.31. The molecular formula is C9H15BrN2O. The van der Waals surface area contributed by atoms with Gasteiger partial charge >= 0.3 is 0 Å². The molecule has 0 unspecified atom stereocenters. The fourth-order valence-electron chi connectivity index (χ4n) is 1.17. The Morgan fingerprint density at radius 2 is 2.00 bits per heavy atom. The fraction of sp³-hybridized carbons (Fsp3) is 0.667. The maximum Gasteiger partial charge on any atom is 0.281 e. The lowest BCUT2D eigenvalue weighted by Gasteiger charge is -2.19. The smallest absolute Gasteiger partial charge is 0.281 e. The van der Waals surface area contributed by atoms with Crippen LogP contribution in [0.1, 0.15) is 33.4 Å². The first kappa shape index (κ1) is 10.6. The van der Waals surface area contributed by atoms with Gasteiger partial charge in [0.05, 0.1) is 11.2 Å². The van der Waals surface area contributed by atoms with Crippen molar-refractivity contribution in [3.05, 3.63) is 20.5 Å². The van der Waals surface area contributed by atoms with E-state index in [-0.39, 0.29) is 11.1 Å². The molecule has 0 aromatic carbocycles. The van der Waals surface area contributed by atoms with Crippen LogP contribution in [0.15, 0.2) is 9.27 Å². The van der Waals surface area contributed by atoms with Gasteiger partial charge in [-0.2, -0.15) is 0 Å². The minimum atomic E-state index is -0.187. The molecule has 0 aliphatic carbocycles. The van der Waals surface area contributed by atoms with Gasteiger partial charge in [0.2, 0.25) is 0 Å². The predicted octanol–water partition coefficient (Wildman–Crippen LogP) is 2.26. The molecule has 0 aliphatic rings. The van der Waals surface area contributed by atoms with E-state index < -0.39 is 0 Å². The van der Waals surface area contributed by atoms with Crippen LogP contribution in [0.4, 0.5) is 0 Å². The van der Waals surface area contributed by atoms with Crippen LogP contribution in [0.25, 0.3) is 0 Å². The van der Waals surface area contributed by atoms with E-state index in [0.29, 0.717) is 4.47 Å². The molecular weight excluding hydrogens is 232 g/mol. The molecule has 0 bridgehead atoms. The first-order valence-electron chi connectivity index (χ1n) is 4.37. The molecule has 0 saturated heterocycles. The molecule has 0 fully saturated rings. The first-order valence-corrected chi connectivity index (χ1v) is 5.17. The highest BCUT2D eigenvalue weighted by molar-refractivity contribution is 9.10. The lowest BCUT2D eigenvalue weighted by atomic mass is 10.1. The van der Waals surface area contributed by atoms with Crippen LogP contribution >= 0.6 is 15.9 Å². The topological polar surface area (TPSA) is 37.8 Å². The molecule has 1 aromatic heterocycles. The van der Waals surface area contributed by atoms with Crippen molar-refractivity contribution in [2.45, 2.75) is 39.7 Å². The molecule has 0 saturated carbocycles. The number of nitrogens with zero attached hydrogens (tertiary/aromatic N) is 1. The number of aromatic nitrogens is 2. The number of hydrogen-bond donors (Lipinski definition) is 1. The second kappa shape index (κ2) is 3.33. The van der Waals surface area contributed by atoms with E-state index in [9.17, 15) is 4.79 Å². The first-order chi connectivity index (χ1) is 5.88. The van der Waals surface area contributed by atoms with Crippen molar-refractivity contribution in [2.24, 2.45) is 0 Å². The Kier molecular flexibility index (Phi) is 2.71. The van der Waals surface area contributed by atoms with Gasteiger partial charge in [0, 0.05) is 0 Å². The molecule has 4 heteroatoms. The Hall–Kier alpha value is -0.510. The van der Waals surface area contributed by atoms with Gasteiger partial charge in [0.25, 0.3) is 5.56 Å². The second-order valence-corrected chi connectivity index (χ2v) is 4.86. The summed E-state index contributed by atoms with van der Waals surface area (Å²) in [6.45, 7) is 8.01. The van der Waals surface area contributed by atoms with Crippen LogP contribution in [0.5, 0.6) is 0 Å². The molecule has 0 radical (unpaired) electrons. The molecule has 1 rings (SSSR count). The quantitative estimate of drug-likeness (QED) is 0.812. The third kappa shape index (κ3) is 1.88. The van der Waals surface area contributed by atoms with Gasteiger partial charge in [-0.1, -0.05) is 6.92 Å². The zero-order valence-electron chi connectivity index (χ0n) is 8.44. The normalized spacial score (nSPS) is 12.1. The second-order valence-electron chi connectivity index (χ2n) is 4.07. The lowest BCUT2D eigenvalue weighted by Crippen LogP contribution is -2.32. The average molecular weight is 247 g/mol. The van der Waals surface area contributed by atoms with Gasteiger partial charge < -0.3 is 0 Å². The molecule has 0 atom stereocenters. The Balaban J connectivity index is 3.34. The minimum absolute atomic E-state index is 0.0179. The summed E-state index contributed by atoms with van der Waals surface area (Å²) in [5.74, 6) is 0. The summed E-state index contributed by atoms with van der Waals surface area (Å²) in [5.41, 5.74) is 0.789. The number of aryl methyl sites for hydroxylation is 1. The van der Waals surface area contributed by atoms with Crippen LogP contribution in [-0.4, -0.2) is 9.78 Å². The Morgan fingerprint density at radius 1 is 1.46 bits per heavy atom. The van der Waals surface area contributed by atoms with Gasteiger partial charge in [-0.3, -0.25) is 9.89 Å². The standard InChI is InChI=1S/C9H15BrN2O/c1-5-6-7(10)8(13)12(11-6)9(2,3)4/h11H,5H2,1-4H3.